The van der Waals surface area contributed by atoms with Crippen molar-refractivity contribution < 1.29 is 23.1 Å². The first-order valence-corrected chi connectivity index (χ1v) is 8.21. The quantitative estimate of drug-likeness (QED) is 0.783. The van der Waals surface area contributed by atoms with Gasteiger partial charge in [0.2, 0.25) is 5.91 Å². The van der Waals surface area contributed by atoms with Crippen LogP contribution in [0.5, 0.6) is 0 Å². The van der Waals surface area contributed by atoms with Crippen molar-refractivity contribution in [1.29, 1.82) is 0 Å². The van der Waals surface area contributed by atoms with Crippen LogP contribution in [0.2, 0.25) is 0 Å². The zero-order chi connectivity index (χ0) is 18.4. The van der Waals surface area contributed by atoms with Crippen molar-refractivity contribution in [2.75, 3.05) is 32.8 Å². The number of halogens is 2. The van der Waals surface area contributed by atoms with Gasteiger partial charge < -0.3 is 14.5 Å². The lowest BCUT2D eigenvalue weighted by molar-refractivity contribution is -0.127. The second-order valence-corrected chi connectivity index (χ2v) is 6.25. The zero-order valence-corrected chi connectivity index (χ0v) is 14.4. The lowest BCUT2D eigenvalue weighted by Crippen LogP contribution is -2.50. The maximum atomic E-state index is 13.5. The molecule has 1 fully saturated rings. The van der Waals surface area contributed by atoms with E-state index in [0.29, 0.717) is 32.8 Å². The van der Waals surface area contributed by atoms with Crippen LogP contribution in [0.1, 0.15) is 19.4 Å². The molecule has 0 atom stereocenters. The maximum Gasteiger partial charge on any atom is 0.409 e. The Bertz CT molecular complexity index is 633. The number of carbonyl (C=O) groups is 2. The third kappa shape index (κ3) is 5.27. The van der Waals surface area contributed by atoms with E-state index in [9.17, 15) is 18.4 Å². The van der Waals surface area contributed by atoms with Gasteiger partial charge in [-0.05, 0) is 24.1 Å². The van der Waals surface area contributed by atoms with Crippen LogP contribution in [0.4, 0.5) is 13.6 Å². The van der Waals surface area contributed by atoms with Gasteiger partial charge in [0.25, 0.3) is 0 Å². The molecule has 1 aromatic rings. The zero-order valence-electron chi connectivity index (χ0n) is 14.4. The Hall–Kier alpha value is -2.44. The summed E-state index contributed by atoms with van der Waals surface area (Å²) in [5.41, 5.74) is -0.244. The average molecular weight is 352 g/mol. The van der Waals surface area contributed by atoms with Gasteiger partial charge in [0.15, 0.2) is 0 Å². The van der Waals surface area contributed by atoms with E-state index >= 15 is 0 Å². The highest BCUT2D eigenvalue weighted by Gasteiger charge is 2.24. The molecule has 0 bridgehead atoms. The summed E-state index contributed by atoms with van der Waals surface area (Å²) in [5.74, 6) is -1.53. The van der Waals surface area contributed by atoms with Crippen molar-refractivity contribution >= 4 is 18.1 Å². The Morgan fingerprint density at radius 3 is 2.24 bits per heavy atom. The minimum atomic E-state index is -0.721. The molecular formula is C18H22F2N2O3. The minimum Gasteiger partial charge on any atom is -0.449 e. The Labute approximate surface area is 145 Å². The molecule has 136 valence electrons. The first kappa shape index (κ1) is 18.9. The molecule has 5 nitrogen and oxygen atoms in total. The van der Waals surface area contributed by atoms with Crippen molar-refractivity contribution in [3.8, 4) is 0 Å². The third-order valence-corrected chi connectivity index (χ3v) is 3.78. The SMILES string of the molecule is CC(C)COC(=O)N1CCN(C(=O)/C=C/c2c(F)cccc2F)CC1. The fourth-order valence-electron chi connectivity index (χ4n) is 2.37. The molecule has 0 saturated carbocycles. The van der Waals surface area contributed by atoms with E-state index in [2.05, 4.69) is 0 Å². The highest BCUT2D eigenvalue weighted by atomic mass is 19.1. The number of piperazine rings is 1. The van der Waals surface area contributed by atoms with E-state index in [1.54, 1.807) is 4.90 Å². The standard InChI is InChI=1S/C18H22F2N2O3/c1-13(2)12-25-18(24)22-10-8-21(9-11-22)17(23)7-6-14-15(19)4-3-5-16(14)20/h3-7,13H,8-12H2,1-2H3/b7-6+. The van der Waals surface area contributed by atoms with E-state index < -0.39 is 11.6 Å². The number of nitrogens with zero attached hydrogens (tertiary/aromatic N) is 2. The number of ether oxygens (including phenoxy) is 1. The van der Waals surface area contributed by atoms with Crippen LogP contribution in [-0.4, -0.2) is 54.6 Å². The summed E-state index contributed by atoms with van der Waals surface area (Å²) >= 11 is 0. The molecule has 0 aromatic heterocycles. The molecule has 1 saturated heterocycles. The number of hydrogen-bond acceptors (Lipinski definition) is 3. The molecule has 0 spiro atoms. The molecule has 0 unspecified atom stereocenters. The first-order chi connectivity index (χ1) is 11.9. The summed E-state index contributed by atoms with van der Waals surface area (Å²) < 4.78 is 32.2. The smallest absolute Gasteiger partial charge is 0.409 e. The van der Waals surface area contributed by atoms with Gasteiger partial charge in [-0.3, -0.25) is 4.79 Å². The van der Waals surface area contributed by atoms with Gasteiger partial charge in [-0.15, -0.1) is 0 Å². The van der Waals surface area contributed by atoms with Crippen LogP contribution in [0.15, 0.2) is 24.3 Å². The molecule has 1 aromatic carbocycles. The van der Waals surface area contributed by atoms with E-state index in [0.717, 1.165) is 24.3 Å². The summed E-state index contributed by atoms with van der Waals surface area (Å²) in [7, 11) is 0. The fourth-order valence-corrected chi connectivity index (χ4v) is 2.37. The highest BCUT2D eigenvalue weighted by molar-refractivity contribution is 5.92. The van der Waals surface area contributed by atoms with Crippen LogP contribution < -0.4 is 0 Å². The number of benzene rings is 1. The molecule has 0 N–H and O–H groups in total. The normalized spacial score (nSPS) is 15.1. The second-order valence-electron chi connectivity index (χ2n) is 6.25. The third-order valence-electron chi connectivity index (χ3n) is 3.78. The van der Waals surface area contributed by atoms with Gasteiger partial charge in [-0.2, -0.15) is 0 Å². The molecule has 0 radical (unpaired) electrons. The summed E-state index contributed by atoms with van der Waals surface area (Å²) in [6.45, 7) is 5.69. The predicted octanol–water partition coefficient (Wildman–Crippen LogP) is 2.91. The van der Waals surface area contributed by atoms with Gasteiger partial charge in [0.1, 0.15) is 11.6 Å². The van der Waals surface area contributed by atoms with Gasteiger partial charge in [-0.25, -0.2) is 13.6 Å². The largest absolute Gasteiger partial charge is 0.449 e. The Balaban J connectivity index is 1.87. The second kappa shape index (κ2) is 8.60. The van der Waals surface area contributed by atoms with Gasteiger partial charge >= 0.3 is 6.09 Å². The van der Waals surface area contributed by atoms with Gasteiger partial charge in [0, 0.05) is 37.8 Å². The molecule has 2 rings (SSSR count). The van der Waals surface area contributed by atoms with Gasteiger partial charge in [0.05, 0.1) is 6.61 Å². The summed E-state index contributed by atoms with van der Waals surface area (Å²) in [4.78, 5) is 27.1. The van der Waals surface area contributed by atoms with Crippen molar-refractivity contribution in [3.05, 3.63) is 41.5 Å². The van der Waals surface area contributed by atoms with Crippen molar-refractivity contribution in [3.63, 3.8) is 0 Å². The van der Waals surface area contributed by atoms with E-state index in [4.69, 9.17) is 4.74 Å². The molecule has 2 amide bonds. The Morgan fingerprint density at radius 2 is 1.68 bits per heavy atom. The van der Waals surface area contributed by atoms with Crippen molar-refractivity contribution in [2.45, 2.75) is 13.8 Å². The molecule has 7 heteroatoms. The molecule has 1 aliphatic rings. The highest BCUT2D eigenvalue weighted by Crippen LogP contribution is 2.14. The van der Waals surface area contributed by atoms with Crippen molar-refractivity contribution in [2.24, 2.45) is 5.92 Å². The maximum absolute atomic E-state index is 13.5. The number of carbonyl (C=O) groups excluding carboxylic acids is 2. The molecular weight excluding hydrogens is 330 g/mol. The van der Waals surface area contributed by atoms with Crippen LogP contribution in [0.3, 0.4) is 0 Å². The van der Waals surface area contributed by atoms with Crippen LogP contribution in [-0.2, 0) is 9.53 Å². The van der Waals surface area contributed by atoms with E-state index in [1.165, 1.54) is 11.0 Å². The van der Waals surface area contributed by atoms with Crippen LogP contribution in [0.25, 0.3) is 6.08 Å². The topological polar surface area (TPSA) is 49.9 Å². The molecule has 25 heavy (non-hydrogen) atoms. The summed E-state index contributed by atoms with van der Waals surface area (Å²) in [6, 6.07) is 3.53. The monoisotopic (exact) mass is 352 g/mol. The van der Waals surface area contributed by atoms with E-state index in [-0.39, 0.29) is 23.5 Å². The average Bonchev–Trinajstić information content (AvgIpc) is 2.59. The summed E-state index contributed by atoms with van der Waals surface area (Å²) in [5, 5.41) is 0. The first-order valence-electron chi connectivity index (χ1n) is 8.21. The molecule has 0 aliphatic carbocycles. The lowest BCUT2D eigenvalue weighted by Gasteiger charge is -2.33. The summed E-state index contributed by atoms with van der Waals surface area (Å²) in [6.07, 6.45) is 1.90. The minimum absolute atomic E-state index is 0.244. The fraction of sp³-hybridized carbons (Fsp3) is 0.444. The van der Waals surface area contributed by atoms with Crippen molar-refractivity contribution in [1.82, 2.24) is 9.80 Å². The number of hydrogen-bond donors (Lipinski definition) is 0. The van der Waals surface area contributed by atoms with E-state index in [1.807, 2.05) is 13.8 Å². The predicted molar refractivity (Wildman–Crippen MR) is 89.7 cm³/mol. The Kier molecular flexibility index (Phi) is 6.50. The van der Waals surface area contributed by atoms with Crippen LogP contribution >= 0.6 is 0 Å². The lowest BCUT2D eigenvalue weighted by atomic mass is 10.2. The Morgan fingerprint density at radius 1 is 1.12 bits per heavy atom. The number of rotatable bonds is 4. The molecule has 1 aliphatic heterocycles. The van der Waals surface area contributed by atoms with Crippen LogP contribution in [0, 0.1) is 17.6 Å². The number of amides is 2. The molecule has 1 heterocycles. The van der Waals surface area contributed by atoms with Gasteiger partial charge in [-0.1, -0.05) is 19.9 Å².